The number of anilines is 1. The second kappa shape index (κ2) is 8.23. The zero-order valence-corrected chi connectivity index (χ0v) is 10.9. The summed E-state index contributed by atoms with van der Waals surface area (Å²) < 4.78 is 5.32. The van der Waals surface area contributed by atoms with Crippen molar-refractivity contribution in [3.63, 3.8) is 0 Å². The SMILES string of the molecule is CCOCc1ccccc1NC(=O)CNC(=O)CN. The van der Waals surface area contributed by atoms with Gasteiger partial charge in [-0.05, 0) is 13.0 Å². The molecule has 2 amide bonds. The van der Waals surface area contributed by atoms with Crippen LogP contribution in [0.4, 0.5) is 5.69 Å². The summed E-state index contributed by atoms with van der Waals surface area (Å²) in [4.78, 5) is 22.6. The van der Waals surface area contributed by atoms with Crippen LogP contribution in [0.5, 0.6) is 0 Å². The molecule has 0 fully saturated rings. The Bertz CT molecular complexity index is 435. The van der Waals surface area contributed by atoms with Gasteiger partial charge in [-0.15, -0.1) is 0 Å². The molecule has 6 nitrogen and oxygen atoms in total. The summed E-state index contributed by atoms with van der Waals surface area (Å²) in [6.45, 7) is 2.72. The first kappa shape index (κ1) is 15.1. The summed E-state index contributed by atoms with van der Waals surface area (Å²) in [6, 6.07) is 7.37. The number of ether oxygens (including phenoxy) is 1. The average molecular weight is 265 g/mol. The first-order valence-corrected chi connectivity index (χ1v) is 6.09. The normalized spacial score (nSPS) is 10.0. The van der Waals surface area contributed by atoms with Gasteiger partial charge in [-0.25, -0.2) is 0 Å². The molecule has 0 aliphatic rings. The standard InChI is InChI=1S/C13H19N3O3/c1-2-19-9-10-5-3-4-6-11(10)16-13(18)8-15-12(17)7-14/h3-6H,2,7-9,14H2,1H3,(H,15,17)(H,16,18). The van der Waals surface area contributed by atoms with E-state index in [1.165, 1.54) is 0 Å². The monoisotopic (exact) mass is 265 g/mol. The van der Waals surface area contributed by atoms with E-state index in [4.69, 9.17) is 10.5 Å². The van der Waals surface area contributed by atoms with E-state index in [-0.39, 0.29) is 24.9 Å². The zero-order valence-electron chi connectivity index (χ0n) is 10.9. The maximum Gasteiger partial charge on any atom is 0.243 e. The van der Waals surface area contributed by atoms with Gasteiger partial charge in [0.2, 0.25) is 11.8 Å². The Labute approximate surface area is 112 Å². The van der Waals surface area contributed by atoms with E-state index in [1.54, 1.807) is 6.07 Å². The maximum atomic E-state index is 11.7. The second-order valence-electron chi connectivity index (χ2n) is 3.82. The maximum absolute atomic E-state index is 11.7. The lowest BCUT2D eigenvalue weighted by atomic mass is 10.2. The van der Waals surface area contributed by atoms with Crippen molar-refractivity contribution in [2.75, 3.05) is 25.0 Å². The van der Waals surface area contributed by atoms with Crippen LogP contribution in [0.2, 0.25) is 0 Å². The summed E-state index contributed by atoms with van der Waals surface area (Å²) in [7, 11) is 0. The molecule has 0 saturated carbocycles. The Morgan fingerprint density at radius 2 is 2.00 bits per heavy atom. The molecule has 1 aromatic rings. The van der Waals surface area contributed by atoms with Crippen LogP contribution in [0, 0.1) is 0 Å². The molecule has 0 unspecified atom stereocenters. The van der Waals surface area contributed by atoms with Crippen LogP contribution in [-0.2, 0) is 20.9 Å². The minimum absolute atomic E-state index is 0.0982. The minimum atomic E-state index is -0.363. The number of hydrogen-bond acceptors (Lipinski definition) is 4. The van der Waals surface area contributed by atoms with Crippen molar-refractivity contribution < 1.29 is 14.3 Å². The predicted octanol–water partition coefficient (Wildman–Crippen LogP) is 0.237. The minimum Gasteiger partial charge on any atom is -0.377 e. The molecule has 0 bridgehead atoms. The summed E-state index contributed by atoms with van der Waals surface area (Å²) in [5.41, 5.74) is 6.70. The topological polar surface area (TPSA) is 93.5 Å². The van der Waals surface area contributed by atoms with Gasteiger partial charge in [0.25, 0.3) is 0 Å². The van der Waals surface area contributed by atoms with Gasteiger partial charge in [0, 0.05) is 17.9 Å². The van der Waals surface area contributed by atoms with Crippen molar-refractivity contribution in [2.24, 2.45) is 5.73 Å². The van der Waals surface area contributed by atoms with E-state index in [9.17, 15) is 9.59 Å². The van der Waals surface area contributed by atoms with Gasteiger partial charge in [0.05, 0.1) is 19.7 Å². The number of nitrogens with one attached hydrogen (secondary N) is 2. The molecule has 1 rings (SSSR count). The highest BCUT2D eigenvalue weighted by Crippen LogP contribution is 2.15. The number of amides is 2. The van der Waals surface area contributed by atoms with E-state index in [2.05, 4.69) is 10.6 Å². The molecular weight excluding hydrogens is 246 g/mol. The molecule has 1 aromatic carbocycles. The predicted molar refractivity (Wildman–Crippen MR) is 72.5 cm³/mol. The van der Waals surface area contributed by atoms with E-state index in [0.717, 1.165) is 5.56 Å². The summed E-state index contributed by atoms with van der Waals surface area (Å²) >= 11 is 0. The van der Waals surface area contributed by atoms with Crippen molar-refractivity contribution >= 4 is 17.5 Å². The van der Waals surface area contributed by atoms with Crippen LogP contribution in [0.25, 0.3) is 0 Å². The van der Waals surface area contributed by atoms with E-state index in [1.807, 2.05) is 25.1 Å². The molecule has 0 aliphatic carbocycles. The number of para-hydroxylation sites is 1. The summed E-state index contributed by atoms with van der Waals surface area (Å²) in [5, 5.41) is 5.13. The number of nitrogens with two attached hydrogens (primary N) is 1. The second-order valence-corrected chi connectivity index (χ2v) is 3.82. The molecule has 0 spiro atoms. The van der Waals surface area contributed by atoms with Gasteiger partial charge in [-0.2, -0.15) is 0 Å². The van der Waals surface area contributed by atoms with E-state index in [0.29, 0.717) is 18.9 Å². The first-order valence-electron chi connectivity index (χ1n) is 6.09. The highest BCUT2D eigenvalue weighted by molar-refractivity contribution is 5.95. The lowest BCUT2D eigenvalue weighted by Crippen LogP contribution is -2.36. The molecule has 0 aliphatic heterocycles. The fraction of sp³-hybridized carbons (Fsp3) is 0.385. The summed E-state index contributed by atoms with van der Waals surface area (Å²) in [6.07, 6.45) is 0. The third kappa shape index (κ3) is 5.50. The number of carbonyl (C=O) groups is 2. The van der Waals surface area contributed by atoms with Crippen LogP contribution < -0.4 is 16.4 Å². The van der Waals surface area contributed by atoms with Gasteiger partial charge in [-0.1, -0.05) is 18.2 Å². The Kier molecular flexibility index (Phi) is 6.56. The number of benzene rings is 1. The van der Waals surface area contributed by atoms with Crippen LogP contribution in [-0.4, -0.2) is 31.5 Å². The van der Waals surface area contributed by atoms with E-state index >= 15 is 0 Å². The zero-order chi connectivity index (χ0) is 14.1. The molecule has 0 aromatic heterocycles. The molecule has 104 valence electrons. The van der Waals surface area contributed by atoms with Gasteiger partial charge >= 0.3 is 0 Å². The third-order valence-corrected chi connectivity index (χ3v) is 2.38. The van der Waals surface area contributed by atoms with Gasteiger partial charge in [0.15, 0.2) is 0 Å². The quantitative estimate of drug-likeness (QED) is 0.658. The van der Waals surface area contributed by atoms with Crippen molar-refractivity contribution in [2.45, 2.75) is 13.5 Å². The largest absolute Gasteiger partial charge is 0.377 e. The van der Waals surface area contributed by atoms with Crippen molar-refractivity contribution in [1.29, 1.82) is 0 Å². The Hall–Kier alpha value is -1.92. The lowest BCUT2D eigenvalue weighted by Gasteiger charge is -2.11. The van der Waals surface area contributed by atoms with E-state index < -0.39 is 0 Å². The Morgan fingerprint density at radius 1 is 1.26 bits per heavy atom. The molecule has 19 heavy (non-hydrogen) atoms. The van der Waals surface area contributed by atoms with Crippen molar-refractivity contribution in [1.82, 2.24) is 5.32 Å². The fourth-order valence-electron chi connectivity index (χ4n) is 1.43. The van der Waals surface area contributed by atoms with Crippen molar-refractivity contribution in [3.05, 3.63) is 29.8 Å². The molecule has 0 atom stereocenters. The summed E-state index contributed by atoms with van der Waals surface area (Å²) in [5.74, 6) is -0.663. The van der Waals surface area contributed by atoms with Crippen molar-refractivity contribution in [3.8, 4) is 0 Å². The number of rotatable bonds is 7. The van der Waals surface area contributed by atoms with Crippen LogP contribution in [0.3, 0.4) is 0 Å². The highest BCUT2D eigenvalue weighted by atomic mass is 16.5. The van der Waals surface area contributed by atoms with Crippen LogP contribution in [0.1, 0.15) is 12.5 Å². The highest BCUT2D eigenvalue weighted by Gasteiger charge is 2.07. The van der Waals surface area contributed by atoms with Gasteiger partial charge in [0.1, 0.15) is 0 Å². The molecule has 6 heteroatoms. The fourth-order valence-corrected chi connectivity index (χ4v) is 1.43. The smallest absolute Gasteiger partial charge is 0.243 e. The average Bonchev–Trinajstić information content (AvgIpc) is 2.43. The van der Waals surface area contributed by atoms with Crippen LogP contribution >= 0.6 is 0 Å². The van der Waals surface area contributed by atoms with Gasteiger partial charge < -0.3 is 21.1 Å². The third-order valence-electron chi connectivity index (χ3n) is 2.38. The Morgan fingerprint density at radius 3 is 2.68 bits per heavy atom. The number of carbonyl (C=O) groups excluding carboxylic acids is 2. The molecular formula is C13H19N3O3. The van der Waals surface area contributed by atoms with Gasteiger partial charge in [-0.3, -0.25) is 9.59 Å². The number of hydrogen-bond donors (Lipinski definition) is 3. The Balaban J connectivity index is 2.55. The first-order chi connectivity index (χ1) is 9.17. The lowest BCUT2D eigenvalue weighted by molar-refractivity contribution is -0.123. The molecule has 0 saturated heterocycles. The molecule has 0 heterocycles. The molecule has 0 radical (unpaired) electrons. The van der Waals surface area contributed by atoms with Crippen LogP contribution in [0.15, 0.2) is 24.3 Å². The molecule has 4 N–H and O–H groups in total.